The number of carbonyl (C=O) groups is 2. The highest BCUT2D eigenvalue weighted by molar-refractivity contribution is 7.89. The summed E-state index contributed by atoms with van der Waals surface area (Å²) in [6.07, 6.45) is -8.71. The van der Waals surface area contributed by atoms with Gasteiger partial charge in [0.2, 0.25) is 15.9 Å². The average molecular weight is 1680 g/mol. The minimum Gasteiger partial charge on any atom is -0.465 e. The van der Waals surface area contributed by atoms with E-state index in [0.29, 0.717) is 79.6 Å². The summed E-state index contributed by atoms with van der Waals surface area (Å²) in [6, 6.07) is 40.8. The number of rotatable bonds is 11. The second-order valence-corrected chi connectivity index (χ2v) is 40.1. The summed E-state index contributed by atoms with van der Waals surface area (Å²) in [4.78, 5) is 40.7. The van der Waals surface area contributed by atoms with Gasteiger partial charge < -0.3 is 55.2 Å². The van der Waals surface area contributed by atoms with Crippen molar-refractivity contribution in [1.29, 1.82) is 0 Å². The Hall–Kier alpha value is -7.33. The van der Waals surface area contributed by atoms with E-state index in [4.69, 9.17) is 9.84 Å². The fourth-order valence-corrected chi connectivity index (χ4v) is 16.2. The predicted molar refractivity (Wildman–Crippen MR) is 477 cm³/mol. The van der Waals surface area contributed by atoms with Crippen LogP contribution in [0.1, 0.15) is 192 Å². The number of anilines is 4. The number of aliphatic hydroxyl groups excluding tert-OH is 1. The largest absolute Gasteiger partial charge is 0.465 e. The predicted octanol–water partition coefficient (Wildman–Crippen LogP) is 15.7. The third-order valence-corrected chi connectivity index (χ3v) is 24.6. The maximum Gasteiger partial charge on any atom is 0.418 e. The van der Waals surface area contributed by atoms with Gasteiger partial charge in [-0.25, -0.2) is 13.2 Å². The van der Waals surface area contributed by atoms with E-state index in [2.05, 4.69) is 184 Å². The minimum atomic E-state index is -4.39. The van der Waals surface area contributed by atoms with Gasteiger partial charge in [0.05, 0.1) is 41.0 Å². The van der Waals surface area contributed by atoms with E-state index in [9.17, 15) is 44.3 Å². The molecule has 0 saturated carbocycles. The number of nitrogens with one attached hydrogen (secondary N) is 3. The van der Waals surface area contributed by atoms with Gasteiger partial charge in [0, 0.05) is 194 Å². The lowest BCUT2D eigenvalue weighted by molar-refractivity contribution is -0.138. The Morgan fingerprint density at radius 2 is 0.790 bits per heavy atom. The number of sulfonamides is 1. The van der Waals surface area contributed by atoms with Gasteiger partial charge in [-0.3, -0.25) is 14.6 Å². The van der Waals surface area contributed by atoms with Crippen LogP contribution in [-0.4, -0.2) is 234 Å². The van der Waals surface area contributed by atoms with Crippen LogP contribution in [0.2, 0.25) is 0 Å². The quantitative estimate of drug-likeness (QED) is 0.0715. The number of aliphatic hydroxyl groups is 1. The van der Waals surface area contributed by atoms with Crippen LogP contribution in [0.5, 0.6) is 0 Å². The number of alkyl halides is 6. The molecule has 0 aromatic heterocycles. The Labute approximate surface area is 709 Å². The van der Waals surface area contributed by atoms with Crippen LogP contribution in [0.15, 0.2) is 132 Å². The number of β-amino-alcohol motifs (C(OH)–C–C–N with tert-alkyl or cyclic N) is 1. The van der Waals surface area contributed by atoms with Gasteiger partial charge in [-0.1, -0.05) is 191 Å². The van der Waals surface area contributed by atoms with Gasteiger partial charge in [-0.05, 0) is 139 Å². The summed E-state index contributed by atoms with van der Waals surface area (Å²) < 4.78 is 112. The number of hydrogen-bond acceptors (Lipinski definition) is 16. The van der Waals surface area contributed by atoms with Crippen LogP contribution in [0.4, 0.5) is 49.1 Å². The van der Waals surface area contributed by atoms with Crippen molar-refractivity contribution in [1.82, 2.24) is 39.9 Å². The van der Waals surface area contributed by atoms with Crippen molar-refractivity contribution in [2.45, 2.75) is 188 Å². The highest BCUT2D eigenvalue weighted by Gasteiger charge is 2.39. The number of piperazine rings is 6. The first kappa shape index (κ1) is 98.8. The first-order chi connectivity index (χ1) is 55.4. The second kappa shape index (κ2) is 42.6. The number of methoxy groups -OCH3 is 1. The summed E-state index contributed by atoms with van der Waals surface area (Å²) in [5.41, 5.74) is 9.97. The van der Waals surface area contributed by atoms with E-state index >= 15 is 0 Å². The minimum absolute atomic E-state index is 0.0186. The zero-order valence-corrected chi connectivity index (χ0v) is 76.2. The fraction of sp³-hybridized carbons (Fsp3) is 0.596. The topological polar surface area (TPSA) is 163 Å². The number of benzene rings is 6. The Balaban J connectivity index is 0.000000197. The molecule has 25 heteroatoms. The number of esters is 1. The molecule has 0 atom stereocenters. The molecule has 6 aliphatic rings. The molecule has 0 aliphatic carbocycles. The van der Waals surface area contributed by atoms with Gasteiger partial charge in [0.25, 0.3) is 0 Å². The zero-order chi connectivity index (χ0) is 88.3. The summed E-state index contributed by atoms with van der Waals surface area (Å²) in [6.45, 7) is 61.0. The van der Waals surface area contributed by atoms with E-state index in [1.54, 1.807) is 38.4 Å². The molecular weight excluding hydrogens is 1540 g/mol. The lowest BCUT2D eigenvalue weighted by Gasteiger charge is -2.37. The van der Waals surface area contributed by atoms with Crippen molar-refractivity contribution in [3.05, 3.63) is 183 Å². The van der Waals surface area contributed by atoms with Crippen LogP contribution in [0.3, 0.4) is 0 Å². The summed E-state index contributed by atoms with van der Waals surface area (Å²) in [7, 11) is 0.0946. The normalized spacial score (nSPS) is 17.5. The number of hydrogen-bond donors (Lipinski definition) is 4. The Morgan fingerprint density at radius 1 is 0.412 bits per heavy atom. The summed E-state index contributed by atoms with van der Waals surface area (Å²) in [5, 5.41) is 18.8. The van der Waals surface area contributed by atoms with Gasteiger partial charge in [-0.2, -0.15) is 30.6 Å². The third-order valence-electron chi connectivity index (χ3n) is 22.7. The summed E-state index contributed by atoms with van der Waals surface area (Å²) >= 11 is 0. The standard InChI is InChI=1S/C17H23F3N2O.C16H24N2O2.C16H26N2O.C15H21F3N2.C15H24N2O2S.C15H24N2/c1-12(23)21-7-9-22(10-8-21)15-6-5-13(16(2,3)4)11-14(15)17(18,19)20;1-16(2,3)12-5-6-14(13(11-12)15(19)20-4)18-9-7-17-8-10-18;1-16(2,3)14-5-4-6-15(13-14)18-9-7-17(8-10-18)11-12-19;1-14(2,3)11-4-5-13(12(10-11)15(16,17)18)20-8-6-19-7-9-20;1-15(2,3)13-6-5-7-14(12-13)20(18,19)17-10-8-16(4)9-11-17;1-15(2,3)14-6-4-13(5-7-14)12-17-10-8-16-9-11-17/h5-6,11H,7-10H2,1-4H3;5-6,11,17H,7-10H2,1-4H3;4-6,13,19H,7-12H2,1-3H3;4-5,10,19H,6-9H2,1-3H3;5-7,12H,8-11H2,1-4H3;4-7,16H,8-12H2,1-3H3. The summed E-state index contributed by atoms with van der Waals surface area (Å²) in [5.74, 6) is -0.298. The molecule has 18 nitrogen and oxygen atoms in total. The van der Waals surface area contributed by atoms with Crippen molar-refractivity contribution in [2.75, 3.05) is 204 Å². The number of ether oxygens (including phenoxy) is 1. The lowest BCUT2D eigenvalue weighted by atomic mass is 9.85. The van der Waals surface area contributed by atoms with Crippen molar-refractivity contribution >= 4 is 44.6 Å². The SMILES string of the molecule is CC(=O)N1CCN(c2ccc(C(C)(C)C)cc2C(F)(F)F)CC1.CC(C)(C)c1ccc(CN2CCNCC2)cc1.CC(C)(C)c1ccc(N2CCNCC2)c(C(F)(F)F)c1.CC(C)(C)c1cccc(N2CCN(CCO)CC2)c1.CN1CCN(S(=O)(=O)c2cccc(C(C)(C)C)c2)CC1.COC(=O)c1cc(C(C)(C)C)ccc1N1CCNCC1. The zero-order valence-electron chi connectivity index (χ0n) is 75.4. The number of carbonyl (C=O) groups excluding carboxylic acids is 2. The average Bonchev–Trinajstić information content (AvgIpc) is 0.805. The first-order valence-electron chi connectivity index (χ1n) is 42.5. The molecule has 4 N–H and O–H groups in total. The first-order valence-corrected chi connectivity index (χ1v) is 43.9. The highest BCUT2D eigenvalue weighted by Crippen LogP contribution is 2.42. The molecule has 1 amide bonds. The molecule has 0 radical (unpaired) electrons. The maximum absolute atomic E-state index is 13.5. The highest BCUT2D eigenvalue weighted by atomic mass is 32.2. The van der Waals surface area contributed by atoms with Gasteiger partial charge in [-0.15, -0.1) is 0 Å². The van der Waals surface area contributed by atoms with Crippen LogP contribution >= 0.6 is 0 Å². The molecule has 119 heavy (non-hydrogen) atoms. The Morgan fingerprint density at radius 3 is 1.21 bits per heavy atom. The van der Waals surface area contributed by atoms with Crippen LogP contribution in [0.25, 0.3) is 0 Å². The Kier molecular flexibility index (Phi) is 35.4. The number of likely N-dealkylation sites (N-methyl/N-ethyl adjacent to an activating group) is 1. The molecule has 6 fully saturated rings. The van der Waals surface area contributed by atoms with Crippen molar-refractivity contribution in [2.24, 2.45) is 0 Å². The van der Waals surface area contributed by atoms with Crippen molar-refractivity contribution < 1.29 is 54.2 Å². The molecule has 12 rings (SSSR count). The van der Waals surface area contributed by atoms with E-state index in [-0.39, 0.29) is 56.7 Å². The van der Waals surface area contributed by atoms with Crippen LogP contribution in [0, 0.1) is 0 Å². The van der Waals surface area contributed by atoms with E-state index in [1.165, 1.54) is 61.6 Å². The van der Waals surface area contributed by atoms with E-state index < -0.39 is 33.5 Å². The maximum atomic E-state index is 13.5. The smallest absolute Gasteiger partial charge is 0.418 e. The van der Waals surface area contributed by atoms with E-state index in [0.717, 1.165) is 122 Å². The Bertz CT molecular complexity index is 4270. The molecule has 662 valence electrons. The lowest BCUT2D eigenvalue weighted by Crippen LogP contribution is -2.48. The molecule has 6 aromatic carbocycles. The fourth-order valence-electron chi connectivity index (χ4n) is 14.7. The van der Waals surface area contributed by atoms with Crippen molar-refractivity contribution in [3.8, 4) is 0 Å². The molecule has 6 heterocycles. The van der Waals surface area contributed by atoms with Gasteiger partial charge >= 0.3 is 18.3 Å². The molecule has 6 aromatic rings. The van der Waals surface area contributed by atoms with Gasteiger partial charge in [0.1, 0.15) is 0 Å². The molecule has 6 aliphatic heterocycles. The van der Waals surface area contributed by atoms with Gasteiger partial charge in [0.15, 0.2) is 0 Å². The van der Waals surface area contributed by atoms with Crippen LogP contribution < -0.4 is 35.6 Å². The number of nitrogens with zero attached hydrogens (tertiary/aromatic N) is 9. The molecule has 0 spiro atoms. The molecule has 6 saturated heterocycles. The molecule has 0 bridgehead atoms. The third kappa shape index (κ3) is 30.0. The number of halogens is 6. The van der Waals surface area contributed by atoms with E-state index in [1.807, 2.05) is 83.8 Å². The molecule has 0 unspecified atom stereocenters. The second-order valence-electron chi connectivity index (χ2n) is 38.2. The van der Waals surface area contributed by atoms with Crippen molar-refractivity contribution in [3.63, 3.8) is 0 Å². The number of amides is 1. The van der Waals surface area contributed by atoms with Crippen LogP contribution in [-0.2, 0) is 70.9 Å². The monoisotopic (exact) mass is 1680 g/mol. The molecular formula is C94H142F6N12O6S.